The molecule has 0 aliphatic heterocycles. The molecule has 0 bridgehead atoms. The lowest BCUT2D eigenvalue weighted by molar-refractivity contribution is 0.351. The van der Waals surface area contributed by atoms with Gasteiger partial charge in [-0.3, -0.25) is 0 Å². The lowest BCUT2D eigenvalue weighted by Crippen LogP contribution is -1.99. The summed E-state index contributed by atoms with van der Waals surface area (Å²) in [6, 6.07) is 4.71. The zero-order valence-electron chi connectivity index (χ0n) is 10.2. The van der Waals surface area contributed by atoms with E-state index < -0.39 is 0 Å². The smallest absolute Gasteiger partial charge is 0.163 e. The maximum atomic E-state index is 14.1. The fraction of sp³-hybridized carbons (Fsp3) is 0.231. The lowest BCUT2D eigenvalue weighted by Gasteiger charge is -2.14. The molecule has 0 aliphatic rings. The van der Waals surface area contributed by atoms with Crippen LogP contribution < -0.4 is 9.47 Å². The molecule has 0 saturated carbocycles. The highest BCUT2D eigenvalue weighted by molar-refractivity contribution is 9.09. The van der Waals surface area contributed by atoms with Gasteiger partial charge in [-0.05, 0) is 17.5 Å². The predicted octanol–water partition coefficient (Wildman–Crippen LogP) is 5.04. The lowest BCUT2D eigenvalue weighted by atomic mass is 10.1. The van der Waals surface area contributed by atoms with Gasteiger partial charge in [0.2, 0.25) is 0 Å². The number of alkyl halides is 1. The van der Waals surface area contributed by atoms with E-state index in [9.17, 15) is 4.39 Å². The van der Waals surface area contributed by atoms with Crippen molar-refractivity contribution >= 4 is 38.9 Å². The summed E-state index contributed by atoms with van der Waals surface area (Å²) in [6.07, 6.45) is 0. The summed E-state index contributed by atoms with van der Waals surface area (Å²) < 4.78 is 24.4. The van der Waals surface area contributed by atoms with Crippen molar-refractivity contribution in [2.45, 2.75) is 4.83 Å². The molecule has 0 aliphatic carbocycles. The number of rotatable bonds is 4. The number of methoxy groups -OCH3 is 2. The third-order valence-electron chi connectivity index (χ3n) is 2.65. The first-order chi connectivity index (χ1) is 9.08. The third kappa shape index (κ3) is 2.88. The first-order valence-electron chi connectivity index (χ1n) is 5.36. The zero-order chi connectivity index (χ0) is 14.0. The molecule has 2 rings (SSSR count). The van der Waals surface area contributed by atoms with Gasteiger partial charge in [0.05, 0.1) is 24.1 Å². The molecule has 2 aromatic rings. The molecule has 1 aromatic heterocycles. The molecule has 1 aromatic carbocycles. The molecule has 0 amide bonds. The highest BCUT2D eigenvalue weighted by atomic mass is 79.9. The van der Waals surface area contributed by atoms with Crippen LogP contribution in [0.2, 0.25) is 5.02 Å². The first-order valence-corrected chi connectivity index (χ1v) is 7.54. The van der Waals surface area contributed by atoms with E-state index in [1.807, 2.05) is 5.38 Å². The maximum absolute atomic E-state index is 14.1. The van der Waals surface area contributed by atoms with Gasteiger partial charge in [0.25, 0.3) is 0 Å². The molecule has 1 unspecified atom stereocenters. The Morgan fingerprint density at radius 1 is 1.26 bits per heavy atom. The van der Waals surface area contributed by atoms with Crippen molar-refractivity contribution in [3.05, 3.63) is 44.9 Å². The number of hydrogen-bond donors (Lipinski definition) is 0. The number of thiophene rings is 1. The first kappa shape index (κ1) is 14.6. The molecule has 0 fully saturated rings. The van der Waals surface area contributed by atoms with E-state index in [1.54, 1.807) is 12.1 Å². The zero-order valence-corrected chi connectivity index (χ0v) is 13.4. The Hall–Kier alpha value is -0.780. The Labute approximate surface area is 128 Å². The molecule has 0 radical (unpaired) electrons. The summed E-state index contributed by atoms with van der Waals surface area (Å²) in [4.78, 5) is 0.535. The molecule has 1 heterocycles. The highest BCUT2D eigenvalue weighted by Gasteiger charge is 2.21. The Morgan fingerprint density at radius 3 is 2.42 bits per heavy atom. The van der Waals surface area contributed by atoms with E-state index in [4.69, 9.17) is 21.1 Å². The third-order valence-corrected chi connectivity index (χ3v) is 5.33. The molecule has 0 N–H and O–H groups in total. The largest absolute Gasteiger partial charge is 0.493 e. The van der Waals surface area contributed by atoms with Gasteiger partial charge < -0.3 is 9.47 Å². The van der Waals surface area contributed by atoms with Crippen molar-refractivity contribution in [2.24, 2.45) is 0 Å². The maximum Gasteiger partial charge on any atom is 0.163 e. The van der Waals surface area contributed by atoms with E-state index in [1.165, 1.54) is 31.6 Å². The molecule has 0 saturated heterocycles. The second kappa shape index (κ2) is 6.11. The normalized spacial score (nSPS) is 12.3. The highest BCUT2D eigenvalue weighted by Crippen LogP contribution is 2.42. The van der Waals surface area contributed by atoms with E-state index in [0.29, 0.717) is 22.1 Å². The van der Waals surface area contributed by atoms with Crippen molar-refractivity contribution < 1.29 is 13.9 Å². The van der Waals surface area contributed by atoms with Crippen LogP contribution in [0.15, 0.2) is 23.6 Å². The minimum Gasteiger partial charge on any atom is -0.493 e. The summed E-state index contributed by atoms with van der Waals surface area (Å²) in [6.45, 7) is 0. The van der Waals surface area contributed by atoms with E-state index >= 15 is 0 Å². The Morgan fingerprint density at radius 2 is 1.89 bits per heavy atom. The van der Waals surface area contributed by atoms with Crippen molar-refractivity contribution in [1.29, 1.82) is 0 Å². The molecular formula is C13H11BrClFO2S. The molecule has 102 valence electrons. The van der Waals surface area contributed by atoms with Crippen LogP contribution in [-0.2, 0) is 0 Å². The van der Waals surface area contributed by atoms with Crippen LogP contribution in [-0.4, -0.2) is 14.2 Å². The number of benzene rings is 1. The van der Waals surface area contributed by atoms with Gasteiger partial charge in [-0.2, -0.15) is 0 Å². The second-order valence-corrected chi connectivity index (χ2v) is 5.99. The van der Waals surface area contributed by atoms with Crippen molar-refractivity contribution in [3.8, 4) is 11.5 Å². The van der Waals surface area contributed by atoms with Crippen molar-refractivity contribution in [2.75, 3.05) is 14.2 Å². The van der Waals surface area contributed by atoms with Crippen LogP contribution in [0.5, 0.6) is 11.5 Å². The summed E-state index contributed by atoms with van der Waals surface area (Å²) >= 11 is 11.0. The van der Waals surface area contributed by atoms with Crippen LogP contribution in [0.1, 0.15) is 15.3 Å². The van der Waals surface area contributed by atoms with Gasteiger partial charge in [0.15, 0.2) is 11.5 Å². The van der Waals surface area contributed by atoms with Crippen molar-refractivity contribution in [3.63, 3.8) is 0 Å². The van der Waals surface area contributed by atoms with Crippen LogP contribution in [0.4, 0.5) is 4.39 Å². The number of halogens is 3. The number of hydrogen-bond acceptors (Lipinski definition) is 3. The van der Waals surface area contributed by atoms with Gasteiger partial charge in [-0.15, -0.1) is 11.3 Å². The van der Waals surface area contributed by atoms with Crippen LogP contribution >= 0.6 is 38.9 Å². The summed E-state index contributed by atoms with van der Waals surface area (Å²) in [5, 5.41) is 2.48. The predicted molar refractivity (Wildman–Crippen MR) is 79.6 cm³/mol. The van der Waals surface area contributed by atoms with Crippen LogP contribution in [0.3, 0.4) is 0 Å². The summed E-state index contributed by atoms with van der Waals surface area (Å²) in [7, 11) is 2.99. The fourth-order valence-electron chi connectivity index (χ4n) is 1.69. The second-order valence-electron chi connectivity index (χ2n) is 3.72. The minimum atomic E-state index is -0.371. The van der Waals surface area contributed by atoms with E-state index in [-0.39, 0.29) is 10.6 Å². The van der Waals surface area contributed by atoms with Gasteiger partial charge in [0, 0.05) is 16.5 Å². The molecule has 6 heteroatoms. The average molecular weight is 366 g/mol. The van der Waals surface area contributed by atoms with Crippen molar-refractivity contribution in [1.82, 2.24) is 0 Å². The topological polar surface area (TPSA) is 18.5 Å². The Bertz CT molecular complexity index is 588. The average Bonchev–Trinajstić information content (AvgIpc) is 2.83. The molecular weight excluding hydrogens is 355 g/mol. The monoisotopic (exact) mass is 364 g/mol. The van der Waals surface area contributed by atoms with Crippen LogP contribution in [0.25, 0.3) is 0 Å². The molecule has 2 nitrogen and oxygen atoms in total. The molecule has 0 spiro atoms. The van der Waals surface area contributed by atoms with Gasteiger partial charge >= 0.3 is 0 Å². The van der Waals surface area contributed by atoms with Gasteiger partial charge in [0.1, 0.15) is 5.82 Å². The van der Waals surface area contributed by atoms with Gasteiger partial charge in [-0.1, -0.05) is 27.5 Å². The summed E-state index contributed by atoms with van der Waals surface area (Å²) in [5.74, 6) is 0.473. The Balaban J connectivity index is 2.48. The molecule has 1 atom stereocenters. The Kier molecular flexibility index (Phi) is 4.71. The standard InChI is InChI=1S/C13H11BrClFO2S/c1-17-10-5-7(9(16)6-11(10)18-2)12(14)13-8(15)3-4-19-13/h3-6,12H,1-2H3. The molecule has 19 heavy (non-hydrogen) atoms. The van der Waals surface area contributed by atoms with E-state index in [0.717, 1.165) is 4.88 Å². The summed E-state index contributed by atoms with van der Waals surface area (Å²) in [5.41, 5.74) is 0.460. The van der Waals surface area contributed by atoms with E-state index in [2.05, 4.69) is 15.9 Å². The number of ether oxygens (including phenoxy) is 2. The fourth-order valence-corrected chi connectivity index (χ4v) is 3.90. The van der Waals surface area contributed by atoms with Gasteiger partial charge in [-0.25, -0.2) is 4.39 Å². The minimum absolute atomic E-state index is 0.320. The quantitative estimate of drug-likeness (QED) is 0.707. The van der Waals surface area contributed by atoms with Crippen LogP contribution in [0, 0.1) is 5.82 Å². The SMILES string of the molecule is COc1cc(F)c(C(Br)c2sccc2Cl)cc1OC.